The third-order valence-electron chi connectivity index (χ3n) is 2.13. The Hall–Kier alpha value is -1.59. The highest BCUT2D eigenvalue weighted by Gasteiger charge is 2.13. The van der Waals surface area contributed by atoms with Crippen LogP contribution in [0.15, 0.2) is 40.5 Å². The van der Waals surface area contributed by atoms with Crippen molar-refractivity contribution < 1.29 is 9.90 Å². The van der Waals surface area contributed by atoms with Gasteiger partial charge in [-0.15, -0.1) is 0 Å². The van der Waals surface area contributed by atoms with E-state index in [1.807, 2.05) is 6.92 Å². The molecule has 2 rings (SSSR count). The van der Waals surface area contributed by atoms with E-state index >= 15 is 0 Å². The number of carboxylic acids is 1. The van der Waals surface area contributed by atoms with Crippen LogP contribution in [0.5, 0.6) is 0 Å². The fraction of sp³-hybridized carbons (Fsp3) is 0.0833. The summed E-state index contributed by atoms with van der Waals surface area (Å²) in [7, 11) is 0. The van der Waals surface area contributed by atoms with Crippen LogP contribution >= 0.6 is 23.4 Å². The Kier molecular flexibility index (Phi) is 3.84. The largest absolute Gasteiger partial charge is 0.478 e. The number of carbonyl (C=O) groups is 1. The second-order valence-corrected chi connectivity index (χ2v) is 4.97. The highest BCUT2D eigenvalue weighted by atomic mass is 35.5. The summed E-state index contributed by atoms with van der Waals surface area (Å²) in [5.74, 6) is -1.00. The number of aromatic carboxylic acids is 1. The quantitative estimate of drug-likeness (QED) is 0.935. The average molecular weight is 281 g/mol. The molecule has 2 aromatic heterocycles. The molecule has 2 heterocycles. The number of aromatic nitrogens is 2. The van der Waals surface area contributed by atoms with Crippen molar-refractivity contribution in [3.05, 3.63) is 46.7 Å². The van der Waals surface area contributed by atoms with Crippen molar-refractivity contribution in [1.82, 2.24) is 9.97 Å². The van der Waals surface area contributed by atoms with E-state index < -0.39 is 5.97 Å². The first-order valence-corrected chi connectivity index (χ1v) is 6.26. The van der Waals surface area contributed by atoms with E-state index in [1.54, 1.807) is 24.3 Å². The first-order valence-electron chi connectivity index (χ1n) is 5.06. The molecule has 0 aliphatic heterocycles. The molecule has 0 fully saturated rings. The normalized spacial score (nSPS) is 10.3. The van der Waals surface area contributed by atoms with Gasteiger partial charge in [0.2, 0.25) is 0 Å². The van der Waals surface area contributed by atoms with Crippen LogP contribution in [0.25, 0.3) is 0 Å². The standard InChI is InChI=1S/C12H9ClN2O2S/c1-7-2-4-9(12(16)17)11(15-7)18-10-5-3-8(13)6-14-10/h2-6H,1H3,(H,16,17). The molecule has 0 radical (unpaired) electrons. The summed E-state index contributed by atoms with van der Waals surface area (Å²) in [5, 5.41) is 10.7. The van der Waals surface area contributed by atoms with Gasteiger partial charge in [0.1, 0.15) is 10.1 Å². The second-order valence-electron chi connectivity index (χ2n) is 3.53. The van der Waals surface area contributed by atoms with Gasteiger partial charge in [-0.05, 0) is 43.0 Å². The Morgan fingerprint density at radius 2 is 2.11 bits per heavy atom. The minimum Gasteiger partial charge on any atom is -0.478 e. The van der Waals surface area contributed by atoms with E-state index in [2.05, 4.69) is 9.97 Å². The molecule has 0 amide bonds. The van der Waals surface area contributed by atoms with Crippen molar-refractivity contribution in [1.29, 1.82) is 0 Å². The molecule has 0 bridgehead atoms. The monoisotopic (exact) mass is 280 g/mol. The number of rotatable bonds is 3. The molecule has 6 heteroatoms. The van der Waals surface area contributed by atoms with Crippen molar-refractivity contribution in [2.75, 3.05) is 0 Å². The number of hydrogen-bond donors (Lipinski definition) is 1. The van der Waals surface area contributed by atoms with Crippen molar-refractivity contribution in [2.24, 2.45) is 0 Å². The Bertz CT molecular complexity index is 587. The van der Waals surface area contributed by atoms with Crippen LogP contribution < -0.4 is 0 Å². The topological polar surface area (TPSA) is 63.1 Å². The predicted molar refractivity (Wildman–Crippen MR) is 69.3 cm³/mol. The number of pyridine rings is 2. The molecule has 0 saturated heterocycles. The molecular formula is C12H9ClN2O2S. The maximum Gasteiger partial charge on any atom is 0.338 e. The van der Waals surface area contributed by atoms with Gasteiger partial charge in [0.15, 0.2) is 0 Å². The first-order chi connectivity index (χ1) is 8.56. The summed E-state index contributed by atoms with van der Waals surface area (Å²) in [5.41, 5.74) is 0.929. The van der Waals surface area contributed by atoms with Crippen molar-refractivity contribution in [3.8, 4) is 0 Å². The third-order valence-corrected chi connectivity index (χ3v) is 3.31. The maximum absolute atomic E-state index is 11.1. The molecule has 0 aliphatic rings. The second kappa shape index (κ2) is 5.37. The van der Waals surface area contributed by atoms with Crippen LogP contribution in [-0.4, -0.2) is 21.0 Å². The Morgan fingerprint density at radius 1 is 1.33 bits per heavy atom. The molecule has 0 atom stereocenters. The Morgan fingerprint density at radius 3 is 2.72 bits per heavy atom. The molecule has 2 aromatic rings. The zero-order valence-electron chi connectivity index (χ0n) is 9.42. The zero-order valence-corrected chi connectivity index (χ0v) is 11.0. The predicted octanol–water partition coefficient (Wildman–Crippen LogP) is 3.29. The molecule has 1 N–H and O–H groups in total. The summed E-state index contributed by atoms with van der Waals surface area (Å²) < 4.78 is 0. The van der Waals surface area contributed by atoms with Gasteiger partial charge in [-0.1, -0.05) is 11.6 Å². The van der Waals surface area contributed by atoms with E-state index in [4.69, 9.17) is 16.7 Å². The van der Waals surface area contributed by atoms with Crippen LogP contribution in [0.4, 0.5) is 0 Å². The van der Waals surface area contributed by atoms with E-state index in [0.717, 1.165) is 5.69 Å². The number of aryl methyl sites for hydroxylation is 1. The zero-order chi connectivity index (χ0) is 13.1. The highest BCUT2D eigenvalue weighted by molar-refractivity contribution is 7.99. The SMILES string of the molecule is Cc1ccc(C(=O)O)c(Sc2ccc(Cl)cn2)n1. The van der Waals surface area contributed by atoms with Crippen molar-refractivity contribution in [2.45, 2.75) is 17.0 Å². The minimum absolute atomic E-state index is 0.169. The van der Waals surface area contributed by atoms with E-state index in [0.29, 0.717) is 15.1 Å². The Balaban J connectivity index is 2.35. The summed E-state index contributed by atoms with van der Waals surface area (Å²) >= 11 is 6.94. The lowest BCUT2D eigenvalue weighted by Gasteiger charge is -2.05. The van der Waals surface area contributed by atoms with Gasteiger partial charge in [0.25, 0.3) is 0 Å². The fourth-order valence-corrected chi connectivity index (χ4v) is 2.30. The molecule has 0 unspecified atom stereocenters. The average Bonchev–Trinajstić information content (AvgIpc) is 2.32. The minimum atomic E-state index is -1.00. The lowest BCUT2D eigenvalue weighted by molar-refractivity contribution is 0.0692. The van der Waals surface area contributed by atoms with Crippen LogP contribution in [0.2, 0.25) is 5.02 Å². The van der Waals surface area contributed by atoms with Gasteiger partial charge < -0.3 is 5.11 Å². The Labute approximate surface area is 113 Å². The van der Waals surface area contributed by atoms with Crippen LogP contribution in [0, 0.1) is 6.92 Å². The lowest BCUT2D eigenvalue weighted by Crippen LogP contribution is -2.01. The number of carboxylic acid groups (broad SMARTS) is 1. The van der Waals surface area contributed by atoms with Crippen LogP contribution in [0.1, 0.15) is 16.1 Å². The molecular weight excluding hydrogens is 272 g/mol. The lowest BCUT2D eigenvalue weighted by atomic mass is 10.2. The molecule has 4 nitrogen and oxygen atoms in total. The summed E-state index contributed by atoms with van der Waals surface area (Å²) in [6, 6.07) is 6.64. The maximum atomic E-state index is 11.1. The molecule has 0 spiro atoms. The molecule has 0 saturated carbocycles. The van der Waals surface area contributed by atoms with Gasteiger partial charge in [-0.2, -0.15) is 0 Å². The first kappa shape index (κ1) is 12.9. The summed E-state index contributed by atoms with van der Waals surface area (Å²) in [6.07, 6.45) is 1.51. The fourth-order valence-electron chi connectivity index (χ4n) is 1.30. The molecule has 92 valence electrons. The number of hydrogen-bond acceptors (Lipinski definition) is 4. The van der Waals surface area contributed by atoms with Gasteiger partial charge in [-0.3, -0.25) is 0 Å². The smallest absolute Gasteiger partial charge is 0.338 e. The molecule has 0 aromatic carbocycles. The molecule has 0 aliphatic carbocycles. The highest BCUT2D eigenvalue weighted by Crippen LogP contribution is 2.28. The van der Waals surface area contributed by atoms with Gasteiger partial charge in [-0.25, -0.2) is 14.8 Å². The van der Waals surface area contributed by atoms with Crippen molar-refractivity contribution >= 4 is 29.3 Å². The number of halogens is 1. The van der Waals surface area contributed by atoms with Crippen LogP contribution in [-0.2, 0) is 0 Å². The molecule has 18 heavy (non-hydrogen) atoms. The third kappa shape index (κ3) is 3.00. The van der Waals surface area contributed by atoms with Gasteiger partial charge >= 0.3 is 5.97 Å². The van der Waals surface area contributed by atoms with Gasteiger partial charge in [0.05, 0.1) is 10.6 Å². The van der Waals surface area contributed by atoms with E-state index in [1.165, 1.54) is 18.0 Å². The number of nitrogens with zero attached hydrogens (tertiary/aromatic N) is 2. The van der Waals surface area contributed by atoms with Gasteiger partial charge in [0, 0.05) is 11.9 Å². The van der Waals surface area contributed by atoms with Crippen molar-refractivity contribution in [3.63, 3.8) is 0 Å². The van der Waals surface area contributed by atoms with E-state index in [-0.39, 0.29) is 5.56 Å². The summed E-state index contributed by atoms with van der Waals surface area (Å²) in [4.78, 5) is 19.4. The van der Waals surface area contributed by atoms with Crippen LogP contribution in [0.3, 0.4) is 0 Å². The summed E-state index contributed by atoms with van der Waals surface area (Å²) in [6.45, 7) is 1.81. The van der Waals surface area contributed by atoms with E-state index in [9.17, 15) is 4.79 Å².